The first-order chi connectivity index (χ1) is 17.8. The molecule has 0 aliphatic heterocycles. The number of hydrogen-bond donors (Lipinski definition) is 0. The summed E-state index contributed by atoms with van der Waals surface area (Å²) in [6.45, 7) is 0. The Morgan fingerprint density at radius 3 is 1.31 bits per heavy atom. The Bertz CT molecular complexity index is 1440. The molecule has 0 N–H and O–H groups in total. The van der Waals surface area contributed by atoms with Crippen LogP contribution in [0.4, 0.5) is 8.78 Å². The number of benzene rings is 2. The summed E-state index contributed by atoms with van der Waals surface area (Å²) in [6, 6.07) is 5.58. The second-order valence-corrected chi connectivity index (χ2v) is 15.2. The second-order valence-electron chi connectivity index (χ2n) is 9.03. The molecule has 0 fully saturated rings. The Labute approximate surface area is 224 Å². The van der Waals surface area contributed by atoms with Gasteiger partial charge in [0, 0.05) is 33.5 Å². The maximum atomic E-state index is 14.7. The van der Waals surface area contributed by atoms with Gasteiger partial charge in [-0.15, -0.1) is 0 Å². The van der Waals surface area contributed by atoms with Crippen LogP contribution in [-0.4, -0.2) is 71.5 Å². The van der Waals surface area contributed by atoms with Crippen LogP contribution in [0.15, 0.2) is 58.3 Å². The van der Waals surface area contributed by atoms with Crippen LogP contribution < -0.4 is 0 Å². The minimum Gasteiger partial charge on any atom is -0.264 e. The van der Waals surface area contributed by atoms with Gasteiger partial charge in [0.1, 0.15) is 12.3 Å². The molecular weight excluding hydrogens is 586 g/mol. The zero-order chi connectivity index (χ0) is 29.8. The molecule has 2 aromatic rings. The average molecular weight is 613 g/mol. The molecule has 2 aromatic carbocycles. The van der Waals surface area contributed by atoms with Crippen molar-refractivity contribution in [1.29, 1.82) is 0 Å². The third-order valence-electron chi connectivity index (χ3n) is 5.68. The minimum absolute atomic E-state index is 0.170. The molecule has 39 heavy (non-hydrogen) atoms. The standard InChI is InChI=1S/C22H26F2N2O10S3/c1-37(31,32)19-7-3-5-15(9-19)21(25(27)28)11-17(23)13-39(35,36)14-18(24)12-22(26(29)30)16-6-4-8-20(10-16)38(2,33)34/h3-10,17-18,21-22H,11-14H2,1-2H3. The molecule has 216 valence electrons. The SMILES string of the molecule is CS(=O)(=O)c1cccc(C(CC(F)CS(=O)(=O)CC(F)CC(c2cccc(S(C)(=O)=O)c2)[N+](=O)[O-])[N+](=O)[O-])c1. The number of nitrogens with zero attached hydrogens (tertiary/aromatic N) is 2. The maximum absolute atomic E-state index is 14.7. The fraction of sp³-hybridized carbons (Fsp3) is 0.455. The summed E-state index contributed by atoms with van der Waals surface area (Å²) in [5, 5.41) is 23.0. The van der Waals surface area contributed by atoms with E-state index in [2.05, 4.69) is 0 Å². The van der Waals surface area contributed by atoms with E-state index in [0.717, 1.165) is 24.6 Å². The number of alkyl halides is 2. The van der Waals surface area contributed by atoms with E-state index in [1.807, 2.05) is 0 Å². The lowest BCUT2D eigenvalue weighted by atomic mass is 10.0. The van der Waals surface area contributed by atoms with Gasteiger partial charge < -0.3 is 0 Å². The molecular formula is C22H26F2N2O10S3. The summed E-state index contributed by atoms with van der Waals surface area (Å²) < 4.78 is 101. The Morgan fingerprint density at radius 1 is 0.692 bits per heavy atom. The Balaban J connectivity index is 2.14. The summed E-state index contributed by atoms with van der Waals surface area (Å²) in [6.07, 6.45) is -4.83. The molecule has 4 atom stereocenters. The number of hydrogen-bond acceptors (Lipinski definition) is 10. The van der Waals surface area contributed by atoms with Crippen LogP contribution in [0, 0.1) is 20.2 Å². The van der Waals surface area contributed by atoms with E-state index in [9.17, 15) is 54.3 Å². The van der Waals surface area contributed by atoms with Crippen LogP contribution in [0.25, 0.3) is 0 Å². The summed E-state index contributed by atoms with van der Waals surface area (Å²) in [5.41, 5.74) is -0.340. The highest BCUT2D eigenvalue weighted by Gasteiger charge is 2.34. The topological polar surface area (TPSA) is 189 Å². The highest BCUT2D eigenvalue weighted by molar-refractivity contribution is 7.91. The molecule has 0 saturated heterocycles. The van der Waals surface area contributed by atoms with Gasteiger partial charge in [-0.1, -0.05) is 24.3 Å². The van der Waals surface area contributed by atoms with Crippen molar-refractivity contribution < 1.29 is 43.9 Å². The molecule has 4 unspecified atom stereocenters. The van der Waals surface area contributed by atoms with Gasteiger partial charge in [0.25, 0.3) is 0 Å². The third kappa shape index (κ3) is 9.58. The summed E-state index contributed by atoms with van der Waals surface area (Å²) in [7, 11) is -12.0. The van der Waals surface area contributed by atoms with Gasteiger partial charge in [-0.05, 0) is 24.3 Å². The highest BCUT2D eigenvalue weighted by Crippen LogP contribution is 2.28. The smallest absolute Gasteiger partial charge is 0.240 e. The van der Waals surface area contributed by atoms with Crippen LogP contribution in [0.3, 0.4) is 0 Å². The molecule has 0 bridgehead atoms. The van der Waals surface area contributed by atoms with Crippen molar-refractivity contribution in [2.45, 2.75) is 47.1 Å². The molecule has 0 aliphatic carbocycles. The lowest BCUT2D eigenvalue weighted by molar-refractivity contribution is -0.531. The Morgan fingerprint density at radius 2 is 1.03 bits per heavy atom. The van der Waals surface area contributed by atoms with E-state index in [1.165, 1.54) is 36.4 Å². The van der Waals surface area contributed by atoms with Gasteiger partial charge in [-0.3, -0.25) is 20.2 Å². The first-order valence-corrected chi connectivity index (χ1v) is 16.8. The number of rotatable bonds is 14. The van der Waals surface area contributed by atoms with Crippen molar-refractivity contribution in [3.05, 3.63) is 79.9 Å². The van der Waals surface area contributed by atoms with Gasteiger partial charge in [0.05, 0.1) is 34.1 Å². The summed E-state index contributed by atoms with van der Waals surface area (Å²) >= 11 is 0. The van der Waals surface area contributed by atoms with Crippen molar-refractivity contribution in [3.8, 4) is 0 Å². The van der Waals surface area contributed by atoms with E-state index in [1.54, 1.807) is 0 Å². The molecule has 0 aliphatic rings. The normalized spacial score (nSPS) is 15.7. The van der Waals surface area contributed by atoms with E-state index in [0.29, 0.717) is 0 Å². The van der Waals surface area contributed by atoms with Crippen LogP contribution in [0.5, 0.6) is 0 Å². The van der Waals surface area contributed by atoms with Crippen LogP contribution in [0.2, 0.25) is 0 Å². The molecule has 17 heteroatoms. The first-order valence-electron chi connectivity index (χ1n) is 11.2. The molecule has 0 radical (unpaired) electrons. The van der Waals surface area contributed by atoms with Gasteiger partial charge in [-0.25, -0.2) is 34.0 Å². The number of nitro groups is 2. The fourth-order valence-corrected chi connectivity index (χ4v) is 6.69. The van der Waals surface area contributed by atoms with Gasteiger partial charge in [0.2, 0.25) is 12.1 Å². The summed E-state index contributed by atoms with van der Waals surface area (Å²) in [4.78, 5) is 20.7. The third-order valence-corrected chi connectivity index (χ3v) is 9.64. The van der Waals surface area contributed by atoms with Crippen LogP contribution in [0.1, 0.15) is 36.1 Å². The predicted molar refractivity (Wildman–Crippen MR) is 136 cm³/mol. The van der Waals surface area contributed by atoms with Crippen molar-refractivity contribution >= 4 is 29.5 Å². The summed E-state index contributed by atoms with van der Waals surface area (Å²) in [5.74, 6) is -2.62. The highest BCUT2D eigenvalue weighted by atomic mass is 32.2. The van der Waals surface area contributed by atoms with Crippen molar-refractivity contribution in [1.82, 2.24) is 0 Å². The molecule has 0 amide bonds. The van der Waals surface area contributed by atoms with E-state index >= 15 is 0 Å². The van der Waals surface area contributed by atoms with Gasteiger partial charge >= 0.3 is 0 Å². The van der Waals surface area contributed by atoms with E-state index in [-0.39, 0.29) is 20.9 Å². The monoisotopic (exact) mass is 612 g/mol. The number of halogens is 2. The van der Waals surface area contributed by atoms with E-state index in [4.69, 9.17) is 0 Å². The number of sulfone groups is 3. The molecule has 12 nitrogen and oxygen atoms in total. The zero-order valence-corrected chi connectivity index (χ0v) is 23.2. The maximum Gasteiger partial charge on any atom is 0.240 e. The second kappa shape index (κ2) is 12.4. The van der Waals surface area contributed by atoms with Crippen molar-refractivity contribution in [2.75, 3.05) is 24.0 Å². The Kier molecular flexibility index (Phi) is 10.2. The van der Waals surface area contributed by atoms with Gasteiger partial charge in [0.15, 0.2) is 29.5 Å². The lowest BCUT2D eigenvalue weighted by Gasteiger charge is -2.16. The predicted octanol–water partition coefficient (Wildman–Crippen LogP) is 2.70. The average Bonchev–Trinajstić information content (AvgIpc) is 2.79. The van der Waals surface area contributed by atoms with Crippen molar-refractivity contribution in [2.24, 2.45) is 0 Å². The molecule has 0 aromatic heterocycles. The van der Waals surface area contributed by atoms with E-state index < -0.39 is 88.1 Å². The Hall–Kier alpha value is -3.05. The molecule has 0 spiro atoms. The zero-order valence-electron chi connectivity index (χ0n) is 20.7. The van der Waals surface area contributed by atoms with Crippen LogP contribution in [-0.2, 0) is 29.5 Å². The molecule has 0 saturated carbocycles. The molecule has 2 rings (SSSR count). The minimum atomic E-state index is -4.54. The van der Waals surface area contributed by atoms with Crippen LogP contribution >= 0.6 is 0 Å². The molecule has 0 heterocycles. The van der Waals surface area contributed by atoms with Gasteiger partial charge in [-0.2, -0.15) is 0 Å². The largest absolute Gasteiger partial charge is 0.264 e. The first kappa shape index (κ1) is 32.2. The van der Waals surface area contributed by atoms with Crippen molar-refractivity contribution in [3.63, 3.8) is 0 Å². The fourth-order valence-electron chi connectivity index (χ4n) is 3.83. The quantitative estimate of drug-likeness (QED) is 0.227. The lowest BCUT2D eigenvalue weighted by Crippen LogP contribution is -2.29.